The highest BCUT2D eigenvalue weighted by Gasteiger charge is 2.10. The van der Waals surface area contributed by atoms with Crippen LogP contribution in [0.4, 0.5) is 0 Å². The van der Waals surface area contributed by atoms with Gasteiger partial charge in [0.1, 0.15) is 10.0 Å². The van der Waals surface area contributed by atoms with Crippen molar-refractivity contribution in [2.75, 3.05) is 33.7 Å². The second kappa shape index (κ2) is 7.17. The lowest BCUT2D eigenvalue weighted by Crippen LogP contribution is -2.27. The maximum Gasteiger partial charge on any atom is 0.138 e. The first-order valence-electron chi connectivity index (χ1n) is 5.47. The van der Waals surface area contributed by atoms with E-state index < -0.39 is 0 Å². The molecular formula is C10H19ClN4S. The predicted octanol–water partition coefficient (Wildman–Crippen LogP) is 1.97. The van der Waals surface area contributed by atoms with Crippen molar-refractivity contribution in [3.8, 4) is 0 Å². The van der Waals surface area contributed by atoms with Crippen LogP contribution in [0.25, 0.3) is 0 Å². The predicted molar refractivity (Wildman–Crippen MR) is 69.0 cm³/mol. The van der Waals surface area contributed by atoms with Gasteiger partial charge in [0.2, 0.25) is 0 Å². The minimum atomic E-state index is 0.714. The zero-order valence-electron chi connectivity index (χ0n) is 10.1. The molecule has 6 heteroatoms. The third-order valence-corrected chi connectivity index (χ3v) is 3.39. The quantitative estimate of drug-likeness (QED) is 0.752. The van der Waals surface area contributed by atoms with Gasteiger partial charge in [-0.2, -0.15) is 0 Å². The molecular weight excluding hydrogens is 244 g/mol. The second-order valence-electron chi connectivity index (χ2n) is 4.02. The first kappa shape index (κ1) is 13.8. The molecule has 0 aliphatic carbocycles. The fraction of sp³-hybridized carbons (Fsp3) is 0.800. The van der Waals surface area contributed by atoms with Gasteiger partial charge in [-0.3, -0.25) is 4.90 Å². The summed E-state index contributed by atoms with van der Waals surface area (Å²) >= 11 is 7.24. The molecule has 1 heterocycles. The molecule has 0 saturated heterocycles. The smallest absolute Gasteiger partial charge is 0.138 e. The lowest BCUT2D eigenvalue weighted by Gasteiger charge is -2.20. The zero-order valence-corrected chi connectivity index (χ0v) is 11.7. The Balaban J connectivity index is 2.35. The third kappa shape index (κ3) is 4.74. The average molecular weight is 263 g/mol. The van der Waals surface area contributed by atoms with Gasteiger partial charge in [-0.25, -0.2) is 0 Å². The van der Waals surface area contributed by atoms with Crippen molar-refractivity contribution in [1.82, 2.24) is 19.4 Å². The number of halogens is 1. The van der Waals surface area contributed by atoms with Gasteiger partial charge in [0.15, 0.2) is 0 Å². The van der Waals surface area contributed by atoms with Crippen LogP contribution in [0.3, 0.4) is 0 Å². The van der Waals surface area contributed by atoms with Crippen LogP contribution in [0, 0.1) is 0 Å². The molecule has 0 unspecified atom stereocenters. The molecule has 0 aliphatic heterocycles. The van der Waals surface area contributed by atoms with Gasteiger partial charge >= 0.3 is 0 Å². The van der Waals surface area contributed by atoms with E-state index in [-0.39, 0.29) is 0 Å². The van der Waals surface area contributed by atoms with E-state index in [1.165, 1.54) is 11.5 Å². The minimum Gasteiger partial charge on any atom is -0.309 e. The van der Waals surface area contributed by atoms with Gasteiger partial charge in [0, 0.05) is 18.1 Å². The molecule has 0 aliphatic rings. The van der Waals surface area contributed by atoms with Crippen molar-refractivity contribution in [2.45, 2.75) is 19.9 Å². The number of aromatic nitrogens is 2. The SMILES string of the molecule is CCN(CCCN(C)C)Cc1nnsc1Cl. The summed E-state index contributed by atoms with van der Waals surface area (Å²) in [5, 5.41) is 4.03. The van der Waals surface area contributed by atoms with E-state index in [2.05, 4.69) is 40.4 Å². The van der Waals surface area contributed by atoms with Crippen molar-refractivity contribution in [3.63, 3.8) is 0 Å². The van der Waals surface area contributed by atoms with Gasteiger partial charge < -0.3 is 4.90 Å². The first-order valence-corrected chi connectivity index (χ1v) is 6.62. The molecule has 0 atom stereocenters. The largest absolute Gasteiger partial charge is 0.309 e. The van der Waals surface area contributed by atoms with Gasteiger partial charge in [-0.15, -0.1) is 5.10 Å². The van der Waals surface area contributed by atoms with Crippen LogP contribution < -0.4 is 0 Å². The van der Waals surface area contributed by atoms with Gasteiger partial charge in [-0.05, 0) is 40.2 Å². The molecule has 0 spiro atoms. The van der Waals surface area contributed by atoms with Crippen LogP contribution in [0.5, 0.6) is 0 Å². The number of rotatable bonds is 7. The topological polar surface area (TPSA) is 32.3 Å². The fourth-order valence-corrected chi connectivity index (χ4v) is 2.07. The summed E-state index contributed by atoms with van der Waals surface area (Å²) in [6.07, 6.45) is 1.16. The third-order valence-electron chi connectivity index (χ3n) is 2.41. The molecule has 1 aromatic rings. The number of hydrogen-bond donors (Lipinski definition) is 0. The Bertz CT molecular complexity index is 303. The van der Waals surface area contributed by atoms with Crippen molar-refractivity contribution in [1.29, 1.82) is 0 Å². The molecule has 0 radical (unpaired) electrons. The fourth-order valence-electron chi connectivity index (χ4n) is 1.46. The Morgan fingerprint density at radius 2 is 2.06 bits per heavy atom. The van der Waals surface area contributed by atoms with Crippen molar-refractivity contribution < 1.29 is 0 Å². The molecule has 92 valence electrons. The Hall–Kier alpha value is -0.230. The molecule has 0 bridgehead atoms. The molecule has 0 aromatic carbocycles. The van der Waals surface area contributed by atoms with Gasteiger partial charge in [0.25, 0.3) is 0 Å². The summed E-state index contributed by atoms with van der Waals surface area (Å²) in [5.41, 5.74) is 0.901. The summed E-state index contributed by atoms with van der Waals surface area (Å²) in [4.78, 5) is 4.54. The maximum atomic E-state index is 5.98. The zero-order chi connectivity index (χ0) is 12.0. The van der Waals surface area contributed by atoms with Crippen molar-refractivity contribution in [2.24, 2.45) is 0 Å². The Kier molecular flexibility index (Phi) is 6.20. The average Bonchev–Trinajstić information content (AvgIpc) is 2.62. The maximum absolute atomic E-state index is 5.98. The lowest BCUT2D eigenvalue weighted by atomic mass is 10.3. The van der Waals surface area contributed by atoms with E-state index in [0.29, 0.717) is 4.34 Å². The van der Waals surface area contributed by atoms with E-state index in [1.807, 2.05) is 0 Å². The van der Waals surface area contributed by atoms with Crippen LogP contribution in [-0.4, -0.2) is 53.1 Å². The van der Waals surface area contributed by atoms with Gasteiger partial charge in [-0.1, -0.05) is 23.0 Å². The van der Waals surface area contributed by atoms with Crippen LogP contribution in [0.2, 0.25) is 4.34 Å². The second-order valence-corrected chi connectivity index (χ2v) is 5.38. The molecule has 1 aromatic heterocycles. The van der Waals surface area contributed by atoms with E-state index >= 15 is 0 Å². The highest BCUT2D eigenvalue weighted by molar-refractivity contribution is 7.10. The van der Waals surface area contributed by atoms with Crippen molar-refractivity contribution in [3.05, 3.63) is 10.0 Å². The van der Waals surface area contributed by atoms with Crippen LogP contribution in [0.15, 0.2) is 0 Å². The molecule has 1 rings (SSSR count). The summed E-state index contributed by atoms with van der Waals surface area (Å²) < 4.78 is 4.56. The van der Waals surface area contributed by atoms with E-state index in [4.69, 9.17) is 11.6 Å². The van der Waals surface area contributed by atoms with Crippen molar-refractivity contribution >= 4 is 23.1 Å². The standard InChI is InChI=1S/C10H19ClN4S/c1-4-15(7-5-6-14(2)3)8-9-10(11)16-13-12-9/h4-8H2,1-3H3. The molecule has 0 fully saturated rings. The summed E-state index contributed by atoms with van der Waals surface area (Å²) in [5.74, 6) is 0. The minimum absolute atomic E-state index is 0.714. The summed E-state index contributed by atoms with van der Waals surface area (Å²) in [6.45, 7) is 6.16. The molecule has 0 saturated carbocycles. The molecule has 0 amide bonds. The number of hydrogen-bond acceptors (Lipinski definition) is 5. The Morgan fingerprint density at radius 3 is 2.56 bits per heavy atom. The Labute approximate surface area is 106 Å². The summed E-state index contributed by atoms with van der Waals surface area (Å²) in [7, 11) is 4.19. The monoisotopic (exact) mass is 262 g/mol. The van der Waals surface area contributed by atoms with E-state index in [9.17, 15) is 0 Å². The molecule has 0 N–H and O–H groups in total. The summed E-state index contributed by atoms with van der Waals surface area (Å²) in [6, 6.07) is 0. The highest BCUT2D eigenvalue weighted by atomic mass is 35.5. The van der Waals surface area contributed by atoms with E-state index in [0.717, 1.165) is 38.3 Å². The normalized spacial score (nSPS) is 11.6. The highest BCUT2D eigenvalue weighted by Crippen LogP contribution is 2.18. The van der Waals surface area contributed by atoms with Gasteiger partial charge in [0.05, 0.1) is 0 Å². The molecule has 16 heavy (non-hydrogen) atoms. The Morgan fingerprint density at radius 1 is 1.31 bits per heavy atom. The lowest BCUT2D eigenvalue weighted by molar-refractivity contribution is 0.256. The molecule has 4 nitrogen and oxygen atoms in total. The first-order chi connectivity index (χ1) is 7.63. The van der Waals surface area contributed by atoms with Crippen LogP contribution in [0.1, 0.15) is 19.0 Å². The van der Waals surface area contributed by atoms with E-state index in [1.54, 1.807) is 0 Å². The van der Waals surface area contributed by atoms with Crippen LogP contribution in [-0.2, 0) is 6.54 Å². The van der Waals surface area contributed by atoms with Crippen LogP contribution >= 0.6 is 23.1 Å². The number of nitrogens with zero attached hydrogens (tertiary/aromatic N) is 4.